The lowest BCUT2D eigenvalue weighted by Gasteiger charge is -2.17. The van der Waals surface area contributed by atoms with Gasteiger partial charge in [-0.25, -0.2) is 0 Å². The van der Waals surface area contributed by atoms with E-state index in [1.807, 2.05) is 37.3 Å². The van der Waals surface area contributed by atoms with Crippen molar-refractivity contribution in [3.63, 3.8) is 0 Å². The third kappa shape index (κ3) is 5.75. The number of benzene rings is 2. The van der Waals surface area contributed by atoms with Crippen molar-refractivity contribution in [1.29, 1.82) is 0 Å². The first-order valence-corrected chi connectivity index (χ1v) is 11.1. The number of anilines is 1. The SMILES string of the molecule is Cc1c(NC(=O)c2ccc(OCC3CC3)cc2)ccc2c1C=C(CNCC(C)(C)O)C2. The summed E-state index contributed by atoms with van der Waals surface area (Å²) >= 11 is 0. The van der Waals surface area contributed by atoms with Gasteiger partial charge in [0.15, 0.2) is 0 Å². The summed E-state index contributed by atoms with van der Waals surface area (Å²) in [4.78, 5) is 12.8. The van der Waals surface area contributed by atoms with Gasteiger partial charge in [0.05, 0.1) is 12.2 Å². The zero-order chi connectivity index (χ0) is 22.0. The van der Waals surface area contributed by atoms with Crippen molar-refractivity contribution in [1.82, 2.24) is 5.32 Å². The van der Waals surface area contributed by atoms with Crippen molar-refractivity contribution < 1.29 is 14.6 Å². The van der Waals surface area contributed by atoms with E-state index in [9.17, 15) is 9.90 Å². The number of hydrogen-bond acceptors (Lipinski definition) is 4. The molecule has 0 saturated heterocycles. The zero-order valence-corrected chi connectivity index (χ0v) is 18.6. The Morgan fingerprint density at radius 2 is 1.90 bits per heavy atom. The first-order chi connectivity index (χ1) is 14.8. The second-order valence-corrected chi connectivity index (χ2v) is 9.44. The first-order valence-electron chi connectivity index (χ1n) is 11.1. The van der Waals surface area contributed by atoms with Crippen molar-refractivity contribution >= 4 is 17.7 Å². The fraction of sp³-hybridized carbons (Fsp3) is 0.423. The largest absolute Gasteiger partial charge is 0.493 e. The number of aliphatic hydroxyl groups is 1. The summed E-state index contributed by atoms with van der Waals surface area (Å²) in [6.07, 6.45) is 5.61. The standard InChI is InChI=1S/C26H32N2O3/c1-17-23-13-19(14-27-16-26(2,3)30)12-21(23)8-11-24(17)28-25(29)20-6-9-22(10-7-20)31-15-18-4-5-18/h6-11,13,18,27,30H,4-5,12,14-16H2,1-3H3,(H,28,29). The van der Waals surface area contributed by atoms with Crippen LogP contribution in [0.5, 0.6) is 5.75 Å². The second-order valence-electron chi connectivity index (χ2n) is 9.44. The van der Waals surface area contributed by atoms with Crippen LogP contribution < -0.4 is 15.4 Å². The smallest absolute Gasteiger partial charge is 0.255 e. The second kappa shape index (κ2) is 8.85. The number of rotatable bonds is 9. The van der Waals surface area contributed by atoms with Gasteiger partial charge in [0.2, 0.25) is 0 Å². The quantitative estimate of drug-likeness (QED) is 0.565. The summed E-state index contributed by atoms with van der Waals surface area (Å²) in [6.45, 7) is 7.70. The van der Waals surface area contributed by atoms with Gasteiger partial charge in [-0.3, -0.25) is 4.79 Å². The minimum atomic E-state index is -0.721. The van der Waals surface area contributed by atoms with E-state index < -0.39 is 5.60 Å². The molecule has 2 aromatic carbocycles. The molecule has 0 bridgehead atoms. The monoisotopic (exact) mass is 420 g/mol. The Hall–Kier alpha value is -2.63. The molecule has 3 N–H and O–H groups in total. The van der Waals surface area contributed by atoms with Gasteiger partial charge in [-0.2, -0.15) is 0 Å². The van der Waals surface area contributed by atoms with Crippen LogP contribution in [0.3, 0.4) is 0 Å². The van der Waals surface area contributed by atoms with E-state index >= 15 is 0 Å². The minimum Gasteiger partial charge on any atom is -0.493 e. The van der Waals surface area contributed by atoms with E-state index in [2.05, 4.69) is 22.8 Å². The molecule has 2 aliphatic carbocycles. The van der Waals surface area contributed by atoms with Gasteiger partial charge in [-0.1, -0.05) is 17.7 Å². The van der Waals surface area contributed by atoms with Crippen molar-refractivity contribution in [2.24, 2.45) is 5.92 Å². The average molecular weight is 421 g/mol. The Labute approximate surface area is 184 Å². The highest BCUT2D eigenvalue weighted by Crippen LogP contribution is 2.32. The van der Waals surface area contributed by atoms with E-state index in [0.29, 0.717) is 18.0 Å². The predicted octanol–water partition coefficient (Wildman–Crippen LogP) is 4.34. The number of amides is 1. The molecule has 5 nitrogen and oxygen atoms in total. The number of carbonyl (C=O) groups excluding carboxylic acids is 1. The summed E-state index contributed by atoms with van der Waals surface area (Å²) in [5.41, 5.74) is 5.54. The van der Waals surface area contributed by atoms with Crippen molar-refractivity contribution in [2.45, 2.75) is 45.6 Å². The molecule has 0 unspecified atom stereocenters. The van der Waals surface area contributed by atoms with Gasteiger partial charge in [-0.15, -0.1) is 0 Å². The number of carbonyl (C=O) groups is 1. The zero-order valence-electron chi connectivity index (χ0n) is 18.6. The third-order valence-electron chi connectivity index (χ3n) is 5.83. The van der Waals surface area contributed by atoms with Gasteiger partial charge < -0.3 is 20.5 Å². The van der Waals surface area contributed by atoms with E-state index in [-0.39, 0.29) is 5.91 Å². The van der Waals surface area contributed by atoms with Crippen LogP contribution in [0.1, 0.15) is 53.7 Å². The van der Waals surface area contributed by atoms with Crippen LogP contribution in [0.25, 0.3) is 6.08 Å². The van der Waals surface area contributed by atoms with Crippen LogP contribution in [-0.4, -0.2) is 36.3 Å². The highest BCUT2D eigenvalue weighted by Gasteiger charge is 2.22. The molecule has 164 valence electrons. The molecule has 1 saturated carbocycles. The molecule has 0 spiro atoms. The normalized spacial score (nSPS) is 15.4. The Morgan fingerprint density at radius 3 is 2.58 bits per heavy atom. The Kier molecular flexibility index (Phi) is 6.17. The van der Waals surface area contributed by atoms with Crippen LogP contribution in [0.4, 0.5) is 5.69 Å². The number of ether oxygens (including phenoxy) is 1. The van der Waals surface area contributed by atoms with E-state index in [4.69, 9.17) is 4.74 Å². The molecule has 1 amide bonds. The highest BCUT2D eigenvalue weighted by atomic mass is 16.5. The molecule has 0 aromatic heterocycles. The summed E-state index contributed by atoms with van der Waals surface area (Å²) < 4.78 is 5.75. The number of hydrogen-bond donors (Lipinski definition) is 3. The Balaban J connectivity index is 1.38. The molecule has 31 heavy (non-hydrogen) atoms. The van der Waals surface area contributed by atoms with Crippen LogP contribution in [0.2, 0.25) is 0 Å². The fourth-order valence-corrected chi connectivity index (χ4v) is 3.81. The average Bonchev–Trinajstić information content (AvgIpc) is 3.46. The maximum atomic E-state index is 12.8. The summed E-state index contributed by atoms with van der Waals surface area (Å²) in [5, 5.41) is 16.2. The van der Waals surface area contributed by atoms with Crippen LogP contribution in [0.15, 0.2) is 42.0 Å². The molecule has 0 heterocycles. The van der Waals surface area contributed by atoms with Crippen molar-refractivity contribution in [2.75, 3.05) is 25.0 Å². The molecule has 5 heteroatoms. The lowest BCUT2D eigenvalue weighted by Crippen LogP contribution is -2.35. The van der Waals surface area contributed by atoms with Crippen LogP contribution in [0, 0.1) is 12.8 Å². The minimum absolute atomic E-state index is 0.120. The molecule has 0 aliphatic heterocycles. The number of nitrogens with one attached hydrogen (secondary N) is 2. The van der Waals surface area contributed by atoms with Crippen molar-refractivity contribution in [3.8, 4) is 5.75 Å². The molecule has 0 atom stereocenters. The van der Waals surface area contributed by atoms with Gasteiger partial charge >= 0.3 is 0 Å². The topological polar surface area (TPSA) is 70.6 Å². The van der Waals surface area contributed by atoms with Gasteiger partial charge in [-0.05, 0) is 93.0 Å². The summed E-state index contributed by atoms with van der Waals surface area (Å²) in [6, 6.07) is 11.4. The molecule has 2 aromatic rings. The van der Waals surface area contributed by atoms with Gasteiger partial charge in [0.25, 0.3) is 5.91 Å². The van der Waals surface area contributed by atoms with Crippen LogP contribution >= 0.6 is 0 Å². The lowest BCUT2D eigenvalue weighted by atomic mass is 10.0. The Bertz CT molecular complexity index is 983. The van der Waals surface area contributed by atoms with E-state index in [1.54, 1.807) is 13.8 Å². The van der Waals surface area contributed by atoms with Gasteiger partial charge in [0, 0.05) is 24.3 Å². The maximum absolute atomic E-state index is 12.8. The number of fused-ring (bicyclic) bond motifs is 1. The first kappa shape index (κ1) is 21.6. The van der Waals surface area contributed by atoms with Crippen molar-refractivity contribution in [3.05, 3.63) is 64.2 Å². The molecular formula is C26H32N2O3. The van der Waals surface area contributed by atoms with Crippen LogP contribution in [-0.2, 0) is 6.42 Å². The lowest BCUT2D eigenvalue weighted by molar-refractivity contribution is 0.0807. The maximum Gasteiger partial charge on any atom is 0.255 e. The van der Waals surface area contributed by atoms with E-state index in [0.717, 1.165) is 36.6 Å². The summed E-state index contributed by atoms with van der Waals surface area (Å²) in [5.74, 6) is 1.40. The van der Waals surface area contributed by atoms with Gasteiger partial charge in [0.1, 0.15) is 5.75 Å². The molecule has 4 rings (SSSR count). The summed E-state index contributed by atoms with van der Waals surface area (Å²) in [7, 11) is 0. The third-order valence-corrected chi connectivity index (χ3v) is 5.83. The fourth-order valence-electron chi connectivity index (χ4n) is 3.81. The Morgan fingerprint density at radius 1 is 1.16 bits per heavy atom. The highest BCUT2D eigenvalue weighted by molar-refractivity contribution is 6.05. The molecule has 1 fully saturated rings. The van der Waals surface area contributed by atoms with E-state index in [1.165, 1.54) is 29.5 Å². The molecule has 0 radical (unpaired) electrons. The predicted molar refractivity (Wildman–Crippen MR) is 125 cm³/mol. The molecular weight excluding hydrogens is 388 g/mol. The molecule has 2 aliphatic rings.